The summed E-state index contributed by atoms with van der Waals surface area (Å²) in [5.41, 5.74) is 11.6. The van der Waals surface area contributed by atoms with E-state index in [0.29, 0.717) is 0 Å². The minimum atomic E-state index is 0.900. The molecule has 5 heteroatoms. The summed E-state index contributed by atoms with van der Waals surface area (Å²) in [7, 11) is 0. The zero-order valence-electron chi connectivity index (χ0n) is 35.3. The van der Waals surface area contributed by atoms with Crippen molar-refractivity contribution in [1.82, 2.24) is 19.1 Å². The average molecular weight is 830 g/mol. The number of imidazole rings is 2. The molecule has 0 amide bonds. The van der Waals surface area contributed by atoms with Crippen molar-refractivity contribution < 1.29 is 0 Å². The molecule has 0 saturated carbocycles. The summed E-state index contributed by atoms with van der Waals surface area (Å²) in [6, 6.07) is 84.2. The van der Waals surface area contributed by atoms with E-state index in [-0.39, 0.29) is 0 Å². The summed E-state index contributed by atoms with van der Waals surface area (Å²) in [5, 5.41) is 9.51. The molecule has 0 bridgehead atoms. The molecule has 0 aliphatic carbocycles. The minimum absolute atomic E-state index is 0.900. The molecule has 0 atom stereocenters. The quantitative estimate of drug-likeness (QED) is 0.150. The van der Waals surface area contributed by atoms with Gasteiger partial charge < -0.3 is 4.90 Å². The van der Waals surface area contributed by atoms with Crippen molar-refractivity contribution in [1.29, 1.82) is 0 Å². The maximum Gasteiger partial charge on any atom is 0.145 e. The van der Waals surface area contributed by atoms with Crippen molar-refractivity contribution in [2.24, 2.45) is 0 Å². The van der Waals surface area contributed by atoms with E-state index in [0.717, 1.165) is 84.1 Å². The van der Waals surface area contributed by atoms with Crippen LogP contribution in [0.25, 0.3) is 99.3 Å². The Morgan fingerprint density at radius 2 is 0.554 bits per heavy atom. The molecular weight excluding hydrogens is 791 g/mol. The fourth-order valence-electron chi connectivity index (χ4n) is 10.00. The number of hydrogen-bond donors (Lipinski definition) is 0. The van der Waals surface area contributed by atoms with Crippen molar-refractivity contribution in [3.63, 3.8) is 0 Å². The van der Waals surface area contributed by atoms with Gasteiger partial charge in [0.15, 0.2) is 0 Å². The Balaban J connectivity index is 0.956. The van der Waals surface area contributed by atoms with Gasteiger partial charge in [-0.05, 0) is 106 Å². The van der Waals surface area contributed by atoms with Gasteiger partial charge in [-0.2, -0.15) is 0 Å². The Kier molecular flexibility index (Phi) is 8.46. The van der Waals surface area contributed by atoms with Gasteiger partial charge in [-0.1, -0.05) is 152 Å². The zero-order chi connectivity index (χ0) is 42.8. The van der Waals surface area contributed by atoms with Gasteiger partial charge in [0, 0.05) is 61.1 Å². The third kappa shape index (κ3) is 5.87. The second kappa shape index (κ2) is 14.9. The maximum atomic E-state index is 5.49. The number of aromatic nitrogens is 4. The van der Waals surface area contributed by atoms with E-state index >= 15 is 0 Å². The fourth-order valence-corrected chi connectivity index (χ4v) is 10.00. The van der Waals surface area contributed by atoms with Crippen molar-refractivity contribution in [3.8, 4) is 34.2 Å². The first-order valence-electron chi connectivity index (χ1n) is 22.1. The van der Waals surface area contributed by atoms with Crippen LogP contribution in [0.1, 0.15) is 0 Å². The smallest absolute Gasteiger partial charge is 0.145 e. The first kappa shape index (κ1) is 36.8. The molecule has 0 N–H and O–H groups in total. The van der Waals surface area contributed by atoms with Crippen LogP contribution in [0.2, 0.25) is 0 Å². The molecule has 5 nitrogen and oxygen atoms in total. The number of nitrogens with zero attached hydrogens (tertiary/aromatic N) is 5. The molecule has 2 aromatic heterocycles. The number of rotatable bonds is 7. The normalized spacial score (nSPS) is 11.7. The van der Waals surface area contributed by atoms with Crippen LogP contribution in [-0.4, -0.2) is 19.1 Å². The fraction of sp³-hybridized carbons (Fsp3) is 0. The predicted octanol–water partition coefficient (Wildman–Crippen LogP) is 15.8. The molecule has 0 aliphatic heterocycles. The zero-order valence-corrected chi connectivity index (χ0v) is 35.3. The molecule has 0 radical (unpaired) electrons. The predicted molar refractivity (Wildman–Crippen MR) is 271 cm³/mol. The Labute approximate surface area is 375 Å². The average Bonchev–Trinajstić information content (AvgIpc) is 4.00. The Bertz CT molecular complexity index is 3670. The lowest BCUT2D eigenvalue weighted by atomic mass is 10.00. The standard InChI is InChI=1S/C60H39N5/c1-4-18-42(19-5-1)63(45-36-32-40(33-37-45)59-61-55-51-28-14-10-24-47(51)49-26-12-16-30-53(49)57(55)64(59)43-20-6-2-7-21-43)46-38-34-41(35-39-46)60-62-56-52-29-15-11-25-48(52)50-27-13-17-31-54(50)58(56)65(60)44-22-8-3-9-23-44/h1-39H. The number of anilines is 3. The van der Waals surface area contributed by atoms with Crippen LogP contribution in [0.15, 0.2) is 237 Å². The third-order valence-corrected chi connectivity index (χ3v) is 12.9. The van der Waals surface area contributed by atoms with E-state index < -0.39 is 0 Å². The lowest BCUT2D eigenvalue weighted by Gasteiger charge is -2.26. The third-order valence-electron chi connectivity index (χ3n) is 12.9. The van der Waals surface area contributed by atoms with E-state index in [1.807, 2.05) is 0 Å². The summed E-state index contributed by atoms with van der Waals surface area (Å²) in [5.74, 6) is 1.80. The monoisotopic (exact) mass is 829 g/mol. The van der Waals surface area contributed by atoms with E-state index in [1.54, 1.807) is 0 Å². The van der Waals surface area contributed by atoms with Crippen LogP contribution in [0.5, 0.6) is 0 Å². The molecule has 0 aliphatic rings. The van der Waals surface area contributed by atoms with Gasteiger partial charge >= 0.3 is 0 Å². The minimum Gasteiger partial charge on any atom is -0.311 e. The molecule has 0 saturated heterocycles. The van der Waals surface area contributed by atoms with Gasteiger partial charge in [0.25, 0.3) is 0 Å². The summed E-state index contributed by atoms with van der Waals surface area (Å²) < 4.78 is 4.67. The molecular formula is C60H39N5. The highest BCUT2D eigenvalue weighted by molar-refractivity contribution is 6.25. The SMILES string of the molecule is c1ccc(N(c2ccc(-c3nc4c5ccccc5c5ccccc5c4n3-c3ccccc3)cc2)c2ccc(-c3nc4c5ccccc5c5ccccc5c4n3-c3ccccc3)cc2)cc1. The van der Waals surface area contributed by atoms with Crippen LogP contribution >= 0.6 is 0 Å². The molecule has 11 aromatic carbocycles. The molecule has 304 valence electrons. The molecule has 2 heterocycles. The summed E-state index contributed by atoms with van der Waals surface area (Å²) >= 11 is 0. The maximum absolute atomic E-state index is 5.49. The van der Waals surface area contributed by atoms with Crippen LogP contribution in [0.3, 0.4) is 0 Å². The molecule has 13 rings (SSSR count). The van der Waals surface area contributed by atoms with Crippen LogP contribution in [-0.2, 0) is 0 Å². The highest BCUT2D eigenvalue weighted by Gasteiger charge is 2.23. The molecule has 13 aromatic rings. The summed E-state index contributed by atoms with van der Waals surface area (Å²) in [6.07, 6.45) is 0. The van der Waals surface area contributed by atoms with Crippen LogP contribution < -0.4 is 4.90 Å². The Morgan fingerprint density at radius 1 is 0.262 bits per heavy atom. The molecule has 0 unspecified atom stereocenters. The van der Waals surface area contributed by atoms with Gasteiger partial charge in [0.1, 0.15) is 11.6 Å². The van der Waals surface area contributed by atoms with Gasteiger partial charge in [0.05, 0.1) is 22.1 Å². The largest absolute Gasteiger partial charge is 0.311 e. The molecule has 0 spiro atoms. The van der Waals surface area contributed by atoms with E-state index in [2.05, 4.69) is 251 Å². The second-order valence-electron chi connectivity index (χ2n) is 16.6. The Morgan fingerprint density at radius 3 is 0.938 bits per heavy atom. The van der Waals surface area contributed by atoms with Gasteiger partial charge in [0.2, 0.25) is 0 Å². The first-order chi connectivity index (χ1) is 32.3. The van der Waals surface area contributed by atoms with E-state index in [9.17, 15) is 0 Å². The van der Waals surface area contributed by atoms with Crippen molar-refractivity contribution in [3.05, 3.63) is 237 Å². The van der Waals surface area contributed by atoms with Gasteiger partial charge in [-0.25, -0.2) is 9.97 Å². The molecule has 65 heavy (non-hydrogen) atoms. The van der Waals surface area contributed by atoms with Gasteiger partial charge in [-0.15, -0.1) is 0 Å². The number of para-hydroxylation sites is 3. The number of benzene rings is 11. The Hall–Kier alpha value is -8.80. The summed E-state index contributed by atoms with van der Waals surface area (Å²) in [4.78, 5) is 13.3. The van der Waals surface area contributed by atoms with Crippen molar-refractivity contribution in [2.75, 3.05) is 4.90 Å². The molecule has 0 fully saturated rings. The topological polar surface area (TPSA) is 38.9 Å². The lowest BCUT2D eigenvalue weighted by molar-refractivity contribution is 1.10. The van der Waals surface area contributed by atoms with E-state index in [4.69, 9.17) is 9.97 Å². The number of fused-ring (bicyclic) bond motifs is 12. The van der Waals surface area contributed by atoms with E-state index in [1.165, 1.54) is 32.3 Å². The van der Waals surface area contributed by atoms with Crippen molar-refractivity contribution in [2.45, 2.75) is 0 Å². The van der Waals surface area contributed by atoms with Crippen LogP contribution in [0, 0.1) is 0 Å². The highest BCUT2D eigenvalue weighted by Crippen LogP contribution is 2.43. The van der Waals surface area contributed by atoms with Crippen molar-refractivity contribution >= 4 is 82.2 Å². The first-order valence-corrected chi connectivity index (χ1v) is 22.1. The summed E-state index contributed by atoms with van der Waals surface area (Å²) in [6.45, 7) is 0. The van der Waals surface area contributed by atoms with Crippen LogP contribution in [0.4, 0.5) is 17.1 Å². The highest BCUT2D eigenvalue weighted by atomic mass is 15.1. The number of hydrogen-bond acceptors (Lipinski definition) is 3. The lowest BCUT2D eigenvalue weighted by Crippen LogP contribution is -2.10. The van der Waals surface area contributed by atoms with Gasteiger partial charge in [-0.3, -0.25) is 9.13 Å². The second-order valence-corrected chi connectivity index (χ2v) is 16.6.